The number of hydrogen-bond donors (Lipinski definition) is 2. The zero-order valence-electron chi connectivity index (χ0n) is 14.5. The van der Waals surface area contributed by atoms with Crippen molar-refractivity contribution in [1.29, 1.82) is 0 Å². The number of aromatic amines is 1. The van der Waals surface area contributed by atoms with E-state index in [1.807, 2.05) is 56.7 Å². The standard InChI is InChI=1S/C20H18ClN5/c1-26(2)15-7-5-14(6-8-15)24-19-11-13(10-18(21)25-19)17-12-23-20-16(17)4-3-9-22-20/h3-12H,1-2H3,(H,22,23)(H,24,25). The number of fused-ring (bicyclic) bond motifs is 1. The average molecular weight is 364 g/mol. The topological polar surface area (TPSA) is 56.8 Å². The SMILES string of the molecule is CN(C)c1ccc(Nc2cc(-c3c[nH]c4ncccc34)cc(Cl)n2)cc1. The molecule has 3 heterocycles. The Kier molecular flexibility index (Phi) is 4.22. The number of benzene rings is 1. The third kappa shape index (κ3) is 3.21. The minimum atomic E-state index is 0.438. The first-order chi connectivity index (χ1) is 12.6. The minimum Gasteiger partial charge on any atom is -0.378 e. The molecule has 0 aliphatic rings. The van der Waals surface area contributed by atoms with Crippen LogP contribution < -0.4 is 10.2 Å². The molecular weight excluding hydrogens is 346 g/mol. The maximum atomic E-state index is 6.27. The van der Waals surface area contributed by atoms with Crippen molar-refractivity contribution in [2.75, 3.05) is 24.3 Å². The molecule has 6 heteroatoms. The van der Waals surface area contributed by atoms with Gasteiger partial charge in [0.05, 0.1) is 0 Å². The second-order valence-corrected chi connectivity index (χ2v) is 6.62. The predicted molar refractivity (Wildman–Crippen MR) is 108 cm³/mol. The Bertz CT molecular complexity index is 1050. The van der Waals surface area contributed by atoms with E-state index in [1.165, 1.54) is 0 Å². The number of hydrogen-bond acceptors (Lipinski definition) is 4. The van der Waals surface area contributed by atoms with Gasteiger partial charge in [-0.1, -0.05) is 11.6 Å². The molecule has 0 radical (unpaired) electrons. The van der Waals surface area contributed by atoms with Crippen molar-refractivity contribution in [3.63, 3.8) is 0 Å². The predicted octanol–water partition coefficient (Wildman–Crippen LogP) is 5.09. The fraction of sp³-hybridized carbons (Fsp3) is 0.100. The van der Waals surface area contributed by atoms with Crippen LogP contribution in [0.2, 0.25) is 5.15 Å². The Balaban J connectivity index is 1.68. The van der Waals surface area contributed by atoms with Gasteiger partial charge in [0.15, 0.2) is 0 Å². The minimum absolute atomic E-state index is 0.438. The van der Waals surface area contributed by atoms with Crippen LogP contribution in [0.3, 0.4) is 0 Å². The van der Waals surface area contributed by atoms with Crippen LogP contribution in [0.15, 0.2) is 60.9 Å². The summed E-state index contributed by atoms with van der Waals surface area (Å²) in [7, 11) is 4.03. The molecule has 0 unspecified atom stereocenters. The maximum Gasteiger partial charge on any atom is 0.137 e. The number of rotatable bonds is 4. The highest BCUT2D eigenvalue weighted by atomic mass is 35.5. The van der Waals surface area contributed by atoms with Gasteiger partial charge in [0, 0.05) is 48.8 Å². The van der Waals surface area contributed by atoms with Crippen molar-refractivity contribution in [2.24, 2.45) is 0 Å². The molecule has 0 amide bonds. The second kappa shape index (κ2) is 6.69. The Morgan fingerprint density at radius 2 is 1.88 bits per heavy atom. The first-order valence-electron chi connectivity index (χ1n) is 8.24. The van der Waals surface area contributed by atoms with Gasteiger partial charge in [-0.15, -0.1) is 0 Å². The van der Waals surface area contributed by atoms with Gasteiger partial charge in [0.25, 0.3) is 0 Å². The Labute approximate surface area is 156 Å². The molecule has 0 bridgehead atoms. The van der Waals surface area contributed by atoms with E-state index < -0.39 is 0 Å². The largest absolute Gasteiger partial charge is 0.378 e. The summed E-state index contributed by atoms with van der Waals surface area (Å²) < 4.78 is 0. The van der Waals surface area contributed by atoms with Crippen LogP contribution in [0, 0.1) is 0 Å². The number of pyridine rings is 2. The summed E-state index contributed by atoms with van der Waals surface area (Å²) in [5, 5.41) is 4.81. The zero-order valence-corrected chi connectivity index (χ0v) is 15.2. The van der Waals surface area contributed by atoms with Crippen LogP contribution in [0.1, 0.15) is 0 Å². The first kappa shape index (κ1) is 16.4. The second-order valence-electron chi connectivity index (χ2n) is 6.23. The molecule has 130 valence electrons. The molecule has 26 heavy (non-hydrogen) atoms. The Morgan fingerprint density at radius 1 is 1.08 bits per heavy atom. The number of nitrogens with zero attached hydrogens (tertiary/aromatic N) is 3. The van der Waals surface area contributed by atoms with E-state index in [2.05, 4.69) is 37.3 Å². The number of aromatic nitrogens is 3. The molecule has 0 fully saturated rings. The van der Waals surface area contributed by atoms with Gasteiger partial charge in [-0.25, -0.2) is 9.97 Å². The van der Waals surface area contributed by atoms with E-state index in [4.69, 9.17) is 11.6 Å². The summed E-state index contributed by atoms with van der Waals surface area (Å²) in [6.07, 6.45) is 3.71. The number of halogens is 1. The van der Waals surface area contributed by atoms with Gasteiger partial charge in [-0.3, -0.25) is 0 Å². The average Bonchev–Trinajstić information content (AvgIpc) is 3.06. The third-order valence-corrected chi connectivity index (χ3v) is 4.41. The molecule has 0 saturated carbocycles. The van der Waals surface area contributed by atoms with E-state index in [9.17, 15) is 0 Å². The van der Waals surface area contributed by atoms with Crippen molar-refractivity contribution in [1.82, 2.24) is 15.0 Å². The summed E-state index contributed by atoms with van der Waals surface area (Å²) in [6, 6.07) is 16.0. The summed E-state index contributed by atoms with van der Waals surface area (Å²) >= 11 is 6.27. The van der Waals surface area contributed by atoms with Crippen LogP contribution in [0.25, 0.3) is 22.2 Å². The van der Waals surface area contributed by atoms with Crippen molar-refractivity contribution in [3.05, 3.63) is 66.1 Å². The van der Waals surface area contributed by atoms with Gasteiger partial charge in [-0.2, -0.15) is 0 Å². The molecule has 3 aromatic heterocycles. The van der Waals surface area contributed by atoms with Crippen molar-refractivity contribution in [2.45, 2.75) is 0 Å². The van der Waals surface area contributed by atoms with Gasteiger partial charge in [0.2, 0.25) is 0 Å². The summed E-state index contributed by atoms with van der Waals surface area (Å²) in [6.45, 7) is 0. The molecule has 4 rings (SSSR count). The molecule has 0 saturated heterocycles. The molecular formula is C20H18ClN5. The van der Waals surface area contributed by atoms with Crippen LogP contribution in [0.4, 0.5) is 17.2 Å². The normalized spacial score (nSPS) is 10.9. The summed E-state index contributed by atoms with van der Waals surface area (Å²) in [4.78, 5) is 14.0. The lowest BCUT2D eigenvalue weighted by molar-refractivity contribution is 1.13. The molecule has 1 aromatic carbocycles. The van der Waals surface area contributed by atoms with E-state index in [0.29, 0.717) is 11.0 Å². The Morgan fingerprint density at radius 3 is 2.65 bits per heavy atom. The van der Waals surface area contributed by atoms with Crippen molar-refractivity contribution >= 4 is 39.8 Å². The highest BCUT2D eigenvalue weighted by Gasteiger charge is 2.10. The number of H-pyrrole nitrogens is 1. The van der Waals surface area contributed by atoms with Crippen molar-refractivity contribution < 1.29 is 0 Å². The molecule has 4 aromatic rings. The van der Waals surface area contributed by atoms with Crippen LogP contribution in [0.5, 0.6) is 0 Å². The molecule has 0 aliphatic carbocycles. The lowest BCUT2D eigenvalue weighted by atomic mass is 10.1. The third-order valence-electron chi connectivity index (χ3n) is 4.21. The van der Waals surface area contributed by atoms with E-state index >= 15 is 0 Å². The molecule has 2 N–H and O–H groups in total. The molecule has 0 spiro atoms. The molecule has 0 aliphatic heterocycles. The molecule has 5 nitrogen and oxygen atoms in total. The first-order valence-corrected chi connectivity index (χ1v) is 8.62. The van der Waals surface area contributed by atoms with Gasteiger partial charge < -0.3 is 15.2 Å². The van der Waals surface area contributed by atoms with E-state index in [-0.39, 0.29) is 0 Å². The highest BCUT2D eigenvalue weighted by Crippen LogP contribution is 2.31. The van der Waals surface area contributed by atoms with Crippen LogP contribution >= 0.6 is 11.6 Å². The monoisotopic (exact) mass is 363 g/mol. The smallest absolute Gasteiger partial charge is 0.137 e. The van der Waals surface area contributed by atoms with E-state index in [0.717, 1.165) is 33.5 Å². The fourth-order valence-electron chi connectivity index (χ4n) is 2.90. The fourth-order valence-corrected chi connectivity index (χ4v) is 3.11. The van der Waals surface area contributed by atoms with Crippen LogP contribution in [-0.2, 0) is 0 Å². The van der Waals surface area contributed by atoms with Gasteiger partial charge in [-0.05, 0) is 54.1 Å². The summed E-state index contributed by atoms with van der Waals surface area (Å²) in [5.74, 6) is 0.698. The molecule has 0 atom stereocenters. The maximum absolute atomic E-state index is 6.27. The summed E-state index contributed by atoms with van der Waals surface area (Å²) in [5.41, 5.74) is 4.97. The highest BCUT2D eigenvalue weighted by molar-refractivity contribution is 6.29. The number of anilines is 3. The van der Waals surface area contributed by atoms with E-state index in [1.54, 1.807) is 6.20 Å². The quantitative estimate of drug-likeness (QED) is 0.496. The Hall–Kier alpha value is -3.05. The zero-order chi connectivity index (χ0) is 18.1. The van der Waals surface area contributed by atoms with Crippen LogP contribution in [-0.4, -0.2) is 29.0 Å². The van der Waals surface area contributed by atoms with Gasteiger partial charge >= 0.3 is 0 Å². The van der Waals surface area contributed by atoms with Gasteiger partial charge in [0.1, 0.15) is 16.6 Å². The van der Waals surface area contributed by atoms with Crippen molar-refractivity contribution in [3.8, 4) is 11.1 Å². The number of nitrogens with one attached hydrogen (secondary N) is 2. The lowest BCUT2D eigenvalue weighted by Crippen LogP contribution is -2.08. The lowest BCUT2D eigenvalue weighted by Gasteiger charge is -2.13.